The predicted molar refractivity (Wildman–Crippen MR) is 95.4 cm³/mol. The lowest BCUT2D eigenvalue weighted by molar-refractivity contribution is 0.319. The molecule has 0 aliphatic rings. The number of benzene rings is 3. The summed E-state index contributed by atoms with van der Waals surface area (Å²) in [5, 5.41) is 28.5. The summed E-state index contributed by atoms with van der Waals surface area (Å²) in [5.74, 6) is -0.138. The molecule has 0 fully saturated rings. The number of fused-ring (bicyclic) bond motifs is 1. The summed E-state index contributed by atoms with van der Waals surface area (Å²) in [6.07, 6.45) is 0. The number of hydrogen-bond acceptors (Lipinski definition) is 6. The molecule has 0 unspecified atom stereocenters. The highest BCUT2D eigenvalue weighted by atomic mass is 32.2. The monoisotopic (exact) mass is 356 g/mol. The Balaban J connectivity index is 1.90. The van der Waals surface area contributed by atoms with Crippen LogP contribution in [0.15, 0.2) is 75.8 Å². The van der Waals surface area contributed by atoms with Gasteiger partial charge < -0.3 is 10.2 Å². The second-order valence-corrected chi connectivity index (χ2v) is 7.49. The summed E-state index contributed by atoms with van der Waals surface area (Å²) in [6, 6.07) is 16.5. The Kier molecular flexibility index (Phi) is 4.78. The van der Waals surface area contributed by atoms with Gasteiger partial charge in [0.2, 0.25) is 0 Å². The standard InChI is InChI=1S/C18H16N2O4S/c21-11-12-25(23,24)14-7-5-13(6-8-14)19-20-17-9-10-18(22)16-4-2-1-3-15(16)17/h1-10,21-22H,11-12H2. The van der Waals surface area contributed by atoms with Crippen LogP contribution in [0.2, 0.25) is 0 Å². The number of aliphatic hydroxyl groups is 1. The third-order valence-corrected chi connectivity index (χ3v) is 5.42. The van der Waals surface area contributed by atoms with Crippen molar-refractivity contribution in [3.63, 3.8) is 0 Å². The molecule has 0 spiro atoms. The number of aromatic hydroxyl groups is 1. The van der Waals surface area contributed by atoms with E-state index in [0.29, 0.717) is 16.8 Å². The van der Waals surface area contributed by atoms with Crippen LogP contribution in [0.1, 0.15) is 0 Å². The minimum atomic E-state index is -3.48. The molecule has 25 heavy (non-hydrogen) atoms. The molecule has 0 bridgehead atoms. The van der Waals surface area contributed by atoms with E-state index in [2.05, 4.69) is 10.2 Å². The Bertz CT molecular complexity index is 1030. The van der Waals surface area contributed by atoms with E-state index in [-0.39, 0.29) is 16.4 Å². The van der Waals surface area contributed by atoms with E-state index in [1.54, 1.807) is 30.3 Å². The maximum absolute atomic E-state index is 11.9. The van der Waals surface area contributed by atoms with Gasteiger partial charge in [-0.1, -0.05) is 24.3 Å². The fourth-order valence-electron chi connectivity index (χ4n) is 2.42. The second-order valence-electron chi connectivity index (χ2n) is 5.39. The molecule has 0 amide bonds. The maximum atomic E-state index is 11.9. The quantitative estimate of drug-likeness (QED) is 0.680. The van der Waals surface area contributed by atoms with Gasteiger partial charge >= 0.3 is 0 Å². The molecule has 3 aromatic rings. The number of phenols is 1. The highest BCUT2D eigenvalue weighted by Crippen LogP contribution is 2.33. The molecule has 2 N–H and O–H groups in total. The molecule has 3 rings (SSSR count). The number of rotatable bonds is 5. The van der Waals surface area contributed by atoms with Crippen molar-refractivity contribution in [3.8, 4) is 5.75 Å². The van der Waals surface area contributed by atoms with Crippen LogP contribution in [0.4, 0.5) is 11.4 Å². The van der Waals surface area contributed by atoms with Crippen molar-refractivity contribution in [2.45, 2.75) is 4.90 Å². The first-order valence-corrected chi connectivity index (χ1v) is 9.22. The molecule has 0 aliphatic carbocycles. The van der Waals surface area contributed by atoms with E-state index < -0.39 is 16.4 Å². The Labute approximate surface area is 145 Å². The van der Waals surface area contributed by atoms with Crippen LogP contribution in [0, 0.1) is 0 Å². The molecule has 0 aliphatic heterocycles. The number of aliphatic hydroxyl groups excluding tert-OH is 1. The summed E-state index contributed by atoms with van der Waals surface area (Å²) in [5.41, 5.74) is 1.10. The average molecular weight is 356 g/mol. The number of phenolic OH excluding ortho intramolecular Hbond substituents is 1. The van der Waals surface area contributed by atoms with Crippen molar-refractivity contribution >= 4 is 32.0 Å². The van der Waals surface area contributed by atoms with Gasteiger partial charge in [-0.15, -0.1) is 5.11 Å². The van der Waals surface area contributed by atoms with E-state index in [9.17, 15) is 13.5 Å². The Morgan fingerprint density at radius 2 is 1.52 bits per heavy atom. The van der Waals surface area contributed by atoms with Crippen molar-refractivity contribution in [1.82, 2.24) is 0 Å². The van der Waals surface area contributed by atoms with E-state index in [1.807, 2.05) is 18.2 Å². The van der Waals surface area contributed by atoms with Crippen LogP contribution in [-0.4, -0.2) is 31.0 Å². The maximum Gasteiger partial charge on any atom is 0.180 e. The normalized spacial score (nSPS) is 12.0. The topological polar surface area (TPSA) is 99.3 Å². The SMILES string of the molecule is O=S(=O)(CCO)c1ccc(N=Nc2ccc(O)c3ccccc23)cc1. The highest BCUT2D eigenvalue weighted by Gasteiger charge is 2.13. The van der Waals surface area contributed by atoms with Gasteiger partial charge in [0.25, 0.3) is 0 Å². The first-order valence-electron chi connectivity index (χ1n) is 7.57. The lowest BCUT2D eigenvalue weighted by Crippen LogP contribution is -2.09. The zero-order valence-electron chi connectivity index (χ0n) is 13.2. The molecule has 6 nitrogen and oxygen atoms in total. The van der Waals surface area contributed by atoms with Crippen LogP contribution in [0.3, 0.4) is 0 Å². The van der Waals surface area contributed by atoms with Crippen LogP contribution < -0.4 is 0 Å². The molecular formula is C18H16N2O4S. The van der Waals surface area contributed by atoms with Crippen LogP contribution >= 0.6 is 0 Å². The summed E-state index contributed by atoms with van der Waals surface area (Å²) < 4.78 is 23.7. The molecule has 0 saturated carbocycles. The third-order valence-electron chi connectivity index (χ3n) is 3.71. The minimum Gasteiger partial charge on any atom is -0.507 e. The molecule has 0 saturated heterocycles. The smallest absolute Gasteiger partial charge is 0.180 e. The first-order chi connectivity index (χ1) is 12.0. The molecule has 3 aromatic carbocycles. The predicted octanol–water partition coefficient (Wildman–Crippen LogP) is 3.73. The molecule has 0 atom stereocenters. The Hall–Kier alpha value is -2.77. The lowest BCUT2D eigenvalue weighted by atomic mass is 10.1. The average Bonchev–Trinajstić information content (AvgIpc) is 2.62. The fraction of sp³-hybridized carbons (Fsp3) is 0.111. The van der Waals surface area contributed by atoms with Crippen molar-refractivity contribution in [2.24, 2.45) is 10.2 Å². The molecular weight excluding hydrogens is 340 g/mol. The highest BCUT2D eigenvalue weighted by molar-refractivity contribution is 7.91. The van der Waals surface area contributed by atoms with Gasteiger partial charge in [-0.05, 0) is 36.4 Å². The van der Waals surface area contributed by atoms with Gasteiger partial charge in [0, 0.05) is 10.8 Å². The first kappa shape index (κ1) is 17.1. The summed E-state index contributed by atoms with van der Waals surface area (Å²) in [6.45, 7) is -0.419. The van der Waals surface area contributed by atoms with E-state index in [4.69, 9.17) is 5.11 Å². The van der Waals surface area contributed by atoms with Crippen LogP contribution in [-0.2, 0) is 9.84 Å². The largest absolute Gasteiger partial charge is 0.507 e. The number of hydrogen-bond donors (Lipinski definition) is 2. The summed E-state index contributed by atoms with van der Waals surface area (Å²) >= 11 is 0. The van der Waals surface area contributed by atoms with Crippen molar-refractivity contribution < 1.29 is 18.6 Å². The van der Waals surface area contributed by atoms with E-state index in [1.165, 1.54) is 12.1 Å². The number of sulfone groups is 1. The number of azo groups is 1. The van der Waals surface area contributed by atoms with Gasteiger partial charge in [-0.2, -0.15) is 5.11 Å². The number of nitrogens with zero attached hydrogens (tertiary/aromatic N) is 2. The molecule has 7 heteroatoms. The van der Waals surface area contributed by atoms with Gasteiger partial charge in [-0.3, -0.25) is 0 Å². The van der Waals surface area contributed by atoms with E-state index >= 15 is 0 Å². The molecule has 0 radical (unpaired) electrons. The van der Waals surface area contributed by atoms with Crippen LogP contribution in [0.25, 0.3) is 10.8 Å². The van der Waals surface area contributed by atoms with Gasteiger partial charge in [0.05, 0.1) is 28.6 Å². The Morgan fingerprint density at radius 3 is 2.20 bits per heavy atom. The summed E-state index contributed by atoms with van der Waals surface area (Å²) in [7, 11) is -3.48. The lowest BCUT2D eigenvalue weighted by Gasteiger charge is -2.04. The van der Waals surface area contributed by atoms with Crippen molar-refractivity contribution in [2.75, 3.05) is 12.4 Å². The van der Waals surface area contributed by atoms with Gasteiger partial charge in [-0.25, -0.2) is 8.42 Å². The fourth-order valence-corrected chi connectivity index (χ4v) is 3.45. The molecule has 0 aromatic heterocycles. The minimum absolute atomic E-state index is 0.135. The van der Waals surface area contributed by atoms with Crippen molar-refractivity contribution in [1.29, 1.82) is 0 Å². The third kappa shape index (κ3) is 3.67. The molecule has 0 heterocycles. The molecule has 128 valence electrons. The second kappa shape index (κ2) is 7.00. The van der Waals surface area contributed by atoms with Crippen LogP contribution in [0.5, 0.6) is 5.75 Å². The Morgan fingerprint density at radius 1 is 0.840 bits per heavy atom. The summed E-state index contributed by atoms with van der Waals surface area (Å²) in [4.78, 5) is 0.135. The zero-order valence-corrected chi connectivity index (χ0v) is 14.0. The van der Waals surface area contributed by atoms with Gasteiger partial charge in [0.1, 0.15) is 5.75 Å². The van der Waals surface area contributed by atoms with Crippen molar-refractivity contribution in [3.05, 3.63) is 60.7 Å². The zero-order chi connectivity index (χ0) is 17.9. The van der Waals surface area contributed by atoms with Gasteiger partial charge in [0.15, 0.2) is 9.84 Å². The van der Waals surface area contributed by atoms with E-state index in [0.717, 1.165) is 5.39 Å².